The van der Waals surface area contributed by atoms with Crippen molar-refractivity contribution < 1.29 is 14.7 Å². The molecule has 0 bridgehead atoms. The summed E-state index contributed by atoms with van der Waals surface area (Å²) in [5.74, 6) is 1.68. The molecule has 0 saturated carbocycles. The van der Waals surface area contributed by atoms with E-state index in [4.69, 9.17) is 5.11 Å². The van der Waals surface area contributed by atoms with Crippen molar-refractivity contribution >= 4 is 22.8 Å². The van der Waals surface area contributed by atoms with E-state index in [0.717, 1.165) is 11.5 Å². The Balaban J connectivity index is 2.41. The van der Waals surface area contributed by atoms with E-state index in [1.165, 1.54) is 19.8 Å². The summed E-state index contributed by atoms with van der Waals surface area (Å²) in [6, 6.07) is -0.686. The normalized spacial score (nSPS) is 19.2. The van der Waals surface area contributed by atoms with Crippen LogP contribution in [0.5, 0.6) is 0 Å². The summed E-state index contributed by atoms with van der Waals surface area (Å²) in [5, 5.41) is 11.3. The van der Waals surface area contributed by atoms with Gasteiger partial charge in [-0.3, -0.25) is 4.79 Å². The lowest BCUT2D eigenvalue weighted by molar-refractivity contribution is -0.140. The molecule has 1 heterocycles. The molecule has 14 heavy (non-hydrogen) atoms. The average molecular weight is 218 g/mol. The van der Waals surface area contributed by atoms with Crippen molar-refractivity contribution in [3.63, 3.8) is 0 Å². The van der Waals surface area contributed by atoms with Gasteiger partial charge in [0.1, 0.15) is 17.3 Å². The number of carbonyl (C=O) groups excluding carboxylic acids is 1. The van der Waals surface area contributed by atoms with Crippen molar-refractivity contribution in [1.82, 2.24) is 5.32 Å². The number of rotatable bonds is 4. The van der Waals surface area contributed by atoms with E-state index in [1.807, 2.05) is 0 Å². The largest absolute Gasteiger partial charge is 0.480 e. The molecule has 1 amide bonds. The van der Waals surface area contributed by atoms with Crippen LogP contribution in [0.2, 0.25) is 0 Å². The number of hydrogen-bond donors (Lipinski definition) is 2. The monoisotopic (exact) mass is 218 g/mol. The summed E-state index contributed by atoms with van der Waals surface area (Å²) in [7, 11) is 0.210. The first kappa shape index (κ1) is 11.4. The fourth-order valence-corrected chi connectivity index (χ4v) is 4.00. The van der Waals surface area contributed by atoms with Gasteiger partial charge >= 0.3 is 5.97 Å². The molecule has 5 heteroatoms. The molecule has 0 aromatic heterocycles. The highest BCUT2D eigenvalue weighted by molar-refractivity contribution is 7.97. The maximum Gasteiger partial charge on any atom is 0.331 e. The minimum Gasteiger partial charge on any atom is -0.480 e. The molecule has 1 aliphatic heterocycles. The fraction of sp³-hybridized carbons (Fsp3) is 0.778. The third kappa shape index (κ3) is 3.57. The summed E-state index contributed by atoms with van der Waals surface area (Å²) in [6.07, 6.45) is 2.41. The molecule has 1 aliphatic rings. The van der Waals surface area contributed by atoms with Gasteiger partial charge in [0.2, 0.25) is 5.91 Å². The van der Waals surface area contributed by atoms with Crippen LogP contribution in [0.1, 0.15) is 19.8 Å². The highest BCUT2D eigenvalue weighted by Crippen LogP contribution is 2.14. The molecular formula is C9H16NO3S+. The van der Waals surface area contributed by atoms with Crippen molar-refractivity contribution in [2.45, 2.75) is 25.8 Å². The first-order chi connectivity index (χ1) is 6.59. The van der Waals surface area contributed by atoms with E-state index in [0.29, 0.717) is 5.75 Å². The van der Waals surface area contributed by atoms with Gasteiger partial charge in [-0.25, -0.2) is 4.79 Å². The van der Waals surface area contributed by atoms with Crippen LogP contribution < -0.4 is 5.32 Å². The standard InChI is InChI=1S/C9H15NO3S/c1-7(11)10-8(9(12)13)6-14-4-2-3-5-14/h8H,2-6H2,1H3,(H-,10,11,12,13)/p+1. The predicted octanol–water partition coefficient (Wildman–Crippen LogP) is -0.0122. The smallest absolute Gasteiger partial charge is 0.331 e. The van der Waals surface area contributed by atoms with Crippen LogP contribution >= 0.6 is 0 Å². The molecule has 1 saturated heterocycles. The van der Waals surface area contributed by atoms with Gasteiger partial charge in [-0.2, -0.15) is 0 Å². The van der Waals surface area contributed by atoms with Crippen molar-refractivity contribution in [3.05, 3.63) is 0 Å². The van der Waals surface area contributed by atoms with Crippen molar-refractivity contribution in [2.24, 2.45) is 0 Å². The third-order valence-electron chi connectivity index (χ3n) is 2.19. The fourth-order valence-electron chi connectivity index (χ4n) is 1.54. The lowest BCUT2D eigenvalue weighted by atomic mass is 10.3. The number of hydrogen-bond acceptors (Lipinski definition) is 2. The van der Waals surface area contributed by atoms with Gasteiger partial charge in [0, 0.05) is 6.92 Å². The Morgan fingerprint density at radius 3 is 2.43 bits per heavy atom. The second-order valence-electron chi connectivity index (χ2n) is 3.49. The number of nitrogens with one attached hydrogen (secondary N) is 1. The summed E-state index contributed by atoms with van der Waals surface area (Å²) in [6.45, 7) is 1.35. The van der Waals surface area contributed by atoms with Crippen LogP contribution in [-0.2, 0) is 20.5 Å². The highest BCUT2D eigenvalue weighted by atomic mass is 32.2. The lowest BCUT2D eigenvalue weighted by Gasteiger charge is -2.11. The minimum absolute atomic E-state index is 0.210. The number of carbonyl (C=O) groups is 2. The van der Waals surface area contributed by atoms with Crippen molar-refractivity contribution in [3.8, 4) is 0 Å². The molecule has 2 N–H and O–H groups in total. The number of aliphatic carboxylic acids is 1. The zero-order valence-electron chi connectivity index (χ0n) is 8.28. The third-order valence-corrected chi connectivity index (χ3v) is 4.73. The minimum atomic E-state index is -0.917. The van der Waals surface area contributed by atoms with E-state index in [2.05, 4.69) is 5.32 Å². The summed E-state index contributed by atoms with van der Waals surface area (Å²) < 4.78 is 0. The Morgan fingerprint density at radius 1 is 1.43 bits per heavy atom. The van der Waals surface area contributed by atoms with Crippen LogP contribution in [0.25, 0.3) is 0 Å². The number of carboxylic acids is 1. The summed E-state index contributed by atoms with van der Waals surface area (Å²) in [4.78, 5) is 21.6. The highest BCUT2D eigenvalue weighted by Gasteiger charge is 2.31. The van der Waals surface area contributed by atoms with Gasteiger partial charge in [0.05, 0.1) is 0 Å². The lowest BCUT2D eigenvalue weighted by Crippen LogP contribution is -2.44. The van der Waals surface area contributed by atoms with Crippen LogP contribution in [0.4, 0.5) is 0 Å². The Morgan fingerprint density at radius 2 is 2.00 bits per heavy atom. The van der Waals surface area contributed by atoms with Gasteiger partial charge in [0.15, 0.2) is 6.04 Å². The quantitative estimate of drug-likeness (QED) is 0.652. The van der Waals surface area contributed by atoms with Crippen LogP contribution in [0.3, 0.4) is 0 Å². The van der Waals surface area contributed by atoms with E-state index in [-0.39, 0.29) is 16.8 Å². The molecule has 0 aliphatic carbocycles. The molecule has 0 radical (unpaired) electrons. The zero-order chi connectivity index (χ0) is 10.6. The van der Waals surface area contributed by atoms with Gasteiger partial charge in [-0.1, -0.05) is 0 Å². The second-order valence-corrected chi connectivity index (χ2v) is 5.86. The van der Waals surface area contributed by atoms with Gasteiger partial charge in [0.25, 0.3) is 0 Å². The Hall–Kier alpha value is -0.710. The SMILES string of the molecule is CC(=O)NC(C[S+]1CCCC1)C(=O)O. The van der Waals surface area contributed by atoms with Gasteiger partial charge < -0.3 is 10.4 Å². The topological polar surface area (TPSA) is 66.4 Å². The Bertz CT molecular complexity index is 226. The molecular weight excluding hydrogens is 202 g/mol. The van der Waals surface area contributed by atoms with Gasteiger partial charge in [-0.15, -0.1) is 0 Å². The summed E-state index contributed by atoms with van der Waals surface area (Å²) in [5.41, 5.74) is 0. The molecule has 1 rings (SSSR count). The maximum absolute atomic E-state index is 10.8. The van der Waals surface area contributed by atoms with Crippen LogP contribution in [-0.4, -0.2) is 40.3 Å². The average Bonchev–Trinajstić information content (AvgIpc) is 2.54. The summed E-state index contributed by atoms with van der Waals surface area (Å²) >= 11 is 0. The van der Waals surface area contributed by atoms with E-state index in [9.17, 15) is 9.59 Å². The van der Waals surface area contributed by atoms with Crippen LogP contribution in [0.15, 0.2) is 0 Å². The predicted molar refractivity (Wildman–Crippen MR) is 56.4 cm³/mol. The molecule has 0 spiro atoms. The van der Waals surface area contributed by atoms with Crippen molar-refractivity contribution in [1.29, 1.82) is 0 Å². The second kappa shape index (κ2) is 5.24. The first-order valence-electron chi connectivity index (χ1n) is 4.73. The first-order valence-corrected chi connectivity index (χ1v) is 6.47. The van der Waals surface area contributed by atoms with Crippen LogP contribution in [0, 0.1) is 0 Å². The van der Waals surface area contributed by atoms with E-state index < -0.39 is 12.0 Å². The van der Waals surface area contributed by atoms with Crippen molar-refractivity contribution in [2.75, 3.05) is 17.3 Å². The molecule has 1 atom stereocenters. The molecule has 1 fully saturated rings. The van der Waals surface area contributed by atoms with E-state index in [1.54, 1.807) is 0 Å². The number of amides is 1. The van der Waals surface area contributed by atoms with E-state index >= 15 is 0 Å². The Labute approximate surface area is 86.4 Å². The molecule has 4 nitrogen and oxygen atoms in total. The molecule has 0 aromatic rings. The molecule has 1 unspecified atom stereocenters. The molecule has 0 aromatic carbocycles. The maximum atomic E-state index is 10.8. The molecule has 80 valence electrons. The zero-order valence-corrected chi connectivity index (χ0v) is 9.10. The number of carboxylic acid groups (broad SMARTS) is 1. The Kier molecular flexibility index (Phi) is 4.25. The van der Waals surface area contributed by atoms with Gasteiger partial charge in [-0.05, 0) is 23.7 Å².